The average Bonchev–Trinajstić information content (AvgIpc) is 3.21. The van der Waals surface area contributed by atoms with Crippen LogP contribution in [0.15, 0.2) is 36.9 Å². The first kappa shape index (κ1) is 15.6. The van der Waals surface area contributed by atoms with E-state index >= 15 is 0 Å². The predicted octanol–water partition coefficient (Wildman–Crippen LogP) is 2.76. The maximum atomic E-state index is 6.02. The number of nitrogens with zero attached hydrogens (tertiary/aromatic N) is 4. The molecule has 2 unspecified atom stereocenters. The monoisotopic (exact) mass is 337 g/mol. The molecular weight excluding hydrogens is 318 g/mol. The normalized spacial score (nSPS) is 18.8. The van der Waals surface area contributed by atoms with Gasteiger partial charge in [-0.25, -0.2) is 4.98 Å². The van der Waals surface area contributed by atoms with Gasteiger partial charge in [-0.15, -0.1) is 0 Å². The molecule has 0 amide bonds. The number of hydrogen-bond acceptors (Lipinski definition) is 6. The lowest BCUT2D eigenvalue weighted by Crippen LogP contribution is -2.05. The third-order valence-electron chi connectivity index (χ3n) is 4.42. The fourth-order valence-electron chi connectivity index (χ4n) is 2.87. The molecule has 0 radical (unpaired) electrons. The van der Waals surface area contributed by atoms with E-state index < -0.39 is 0 Å². The summed E-state index contributed by atoms with van der Waals surface area (Å²) in [4.78, 5) is 13.2. The maximum absolute atomic E-state index is 6.02. The smallest absolute Gasteiger partial charge is 0.224 e. The van der Waals surface area contributed by atoms with Crippen molar-refractivity contribution in [3.8, 4) is 22.8 Å². The van der Waals surface area contributed by atoms with Crippen molar-refractivity contribution in [2.24, 2.45) is 5.92 Å². The maximum Gasteiger partial charge on any atom is 0.224 e. The molecule has 0 aliphatic heterocycles. The highest BCUT2D eigenvalue weighted by molar-refractivity contribution is 5.66. The SMILES string of the molecule is COc1ccc(C2CC2COc2nc(C)ncc2-c2cn[nH]c2)nc1. The Morgan fingerprint density at radius 2 is 2.12 bits per heavy atom. The van der Waals surface area contributed by atoms with Gasteiger partial charge >= 0.3 is 0 Å². The molecule has 0 saturated heterocycles. The molecule has 0 bridgehead atoms. The van der Waals surface area contributed by atoms with Gasteiger partial charge in [0.15, 0.2) is 0 Å². The van der Waals surface area contributed by atoms with Crippen LogP contribution in [0.2, 0.25) is 0 Å². The number of H-pyrrole nitrogens is 1. The number of nitrogens with one attached hydrogen (secondary N) is 1. The van der Waals surface area contributed by atoms with E-state index in [1.807, 2.05) is 25.3 Å². The molecule has 1 aliphatic rings. The molecule has 128 valence electrons. The number of pyridine rings is 1. The molecule has 25 heavy (non-hydrogen) atoms. The Balaban J connectivity index is 1.43. The Labute approximate surface area is 145 Å². The van der Waals surface area contributed by atoms with Crippen molar-refractivity contribution in [3.05, 3.63) is 48.4 Å². The first-order valence-corrected chi connectivity index (χ1v) is 8.20. The molecule has 2 atom stereocenters. The van der Waals surface area contributed by atoms with Crippen molar-refractivity contribution >= 4 is 0 Å². The third kappa shape index (κ3) is 3.31. The van der Waals surface area contributed by atoms with E-state index in [0.29, 0.717) is 30.1 Å². The lowest BCUT2D eigenvalue weighted by molar-refractivity contribution is 0.285. The minimum atomic E-state index is 0.436. The Bertz CT molecular complexity index is 848. The number of aryl methyl sites for hydroxylation is 1. The average molecular weight is 337 g/mol. The first-order valence-electron chi connectivity index (χ1n) is 8.20. The van der Waals surface area contributed by atoms with Gasteiger partial charge in [0.05, 0.1) is 31.7 Å². The zero-order valence-electron chi connectivity index (χ0n) is 14.1. The topological polar surface area (TPSA) is 85.8 Å². The zero-order valence-corrected chi connectivity index (χ0v) is 14.1. The van der Waals surface area contributed by atoms with Crippen LogP contribution in [-0.2, 0) is 0 Å². The minimum absolute atomic E-state index is 0.436. The van der Waals surface area contributed by atoms with E-state index in [4.69, 9.17) is 9.47 Å². The number of aromatic nitrogens is 5. The Hall–Kier alpha value is -2.96. The molecule has 3 heterocycles. The summed E-state index contributed by atoms with van der Waals surface area (Å²) in [6.07, 6.45) is 8.16. The van der Waals surface area contributed by atoms with Gasteiger partial charge in [0.1, 0.15) is 11.6 Å². The molecule has 1 aliphatic carbocycles. The van der Waals surface area contributed by atoms with Crippen LogP contribution in [0.1, 0.15) is 23.9 Å². The fraction of sp³-hybridized carbons (Fsp3) is 0.333. The van der Waals surface area contributed by atoms with Crippen LogP contribution in [0.5, 0.6) is 11.6 Å². The van der Waals surface area contributed by atoms with E-state index in [0.717, 1.165) is 29.0 Å². The van der Waals surface area contributed by atoms with Crippen molar-refractivity contribution in [2.45, 2.75) is 19.3 Å². The van der Waals surface area contributed by atoms with Crippen LogP contribution in [0.25, 0.3) is 11.1 Å². The summed E-state index contributed by atoms with van der Waals surface area (Å²) in [5.41, 5.74) is 2.85. The number of ether oxygens (including phenoxy) is 2. The Morgan fingerprint density at radius 1 is 1.20 bits per heavy atom. The van der Waals surface area contributed by atoms with Crippen molar-refractivity contribution in [2.75, 3.05) is 13.7 Å². The van der Waals surface area contributed by atoms with Crippen molar-refractivity contribution < 1.29 is 9.47 Å². The van der Waals surface area contributed by atoms with Gasteiger partial charge in [-0.05, 0) is 25.5 Å². The van der Waals surface area contributed by atoms with Crippen LogP contribution in [0, 0.1) is 12.8 Å². The van der Waals surface area contributed by atoms with Gasteiger partial charge < -0.3 is 9.47 Å². The van der Waals surface area contributed by atoms with E-state index in [-0.39, 0.29) is 0 Å². The molecular formula is C18H19N5O2. The predicted molar refractivity (Wildman–Crippen MR) is 91.5 cm³/mol. The molecule has 7 nitrogen and oxygen atoms in total. The van der Waals surface area contributed by atoms with Gasteiger partial charge in [-0.1, -0.05) is 0 Å². The first-order chi connectivity index (χ1) is 12.2. The molecule has 3 aromatic heterocycles. The Morgan fingerprint density at radius 3 is 2.84 bits per heavy atom. The highest BCUT2D eigenvalue weighted by Gasteiger charge is 2.40. The van der Waals surface area contributed by atoms with Gasteiger partial charge in [-0.3, -0.25) is 10.1 Å². The summed E-state index contributed by atoms with van der Waals surface area (Å²) in [6.45, 7) is 2.47. The molecule has 7 heteroatoms. The molecule has 1 saturated carbocycles. The fourth-order valence-corrected chi connectivity index (χ4v) is 2.87. The molecule has 0 spiro atoms. The summed E-state index contributed by atoms with van der Waals surface area (Å²) in [6, 6.07) is 3.97. The van der Waals surface area contributed by atoms with E-state index in [2.05, 4.69) is 25.1 Å². The molecule has 1 N–H and O–H groups in total. The van der Waals surface area contributed by atoms with Crippen LogP contribution in [-0.4, -0.2) is 38.9 Å². The standard InChI is InChI=1S/C18H19N5O2/c1-11-19-9-16(13-6-21-22-7-13)18(23-11)25-10-12-5-15(12)17-4-3-14(24-2)8-20-17/h3-4,6-9,12,15H,5,10H2,1-2H3,(H,21,22). The molecule has 3 aromatic rings. The van der Waals surface area contributed by atoms with Crippen molar-refractivity contribution in [3.63, 3.8) is 0 Å². The summed E-state index contributed by atoms with van der Waals surface area (Å²) < 4.78 is 11.2. The zero-order chi connectivity index (χ0) is 17.2. The number of hydrogen-bond donors (Lipinski definition) is 1. The lowest BCUT2D eigenvalue weighted by atomic mass is 10.2. The van der Waals surface area contributed by atoms with E-state index in [1.54, 1.807) is 25.7 Å². The summed E-state index contributed by atoms with van der Waals surface area (Å²) in [5.74, 6) is 2.95. The van der Waals surface area contributed by atoms with E-state index in [9.17, 15) is 0 Å². The van der Waals surface area contributed by atoms with E-state index in [1.165, 1.54) is 0 Å². The quantitative estimate of drug-likeness (QED) is 0.744. The number of rotatable bonds is 6. The highest BCUT2D eigenvalue weighted by atomic mass is 16.5. The largest absolute Gasteiger partial charge is 0.495 e. The van der Waals surface area contributed by atoms with Crippen LogP contribution < -0.4 is 9.47 Å². The van der Waals surface area contributed by atoms with Gasteiger partial charge in [-0.2, -0.15) is 10.1 Å². The molecule has 4 rings (SSSR count). The number of methoxy groups -OCH3 is 1. The van der Waals surface area contributed by atoms with Crippen molar-refractivity contribution in [1.82, 2.24) is 25.1 Å². The van der Waals surface area contributed by atoms with Crippen molar-refractivity contribution in [1.29, 1.82) is 0 Å². The van der Waals surface area contributed by atoms with Crippen LogP contribution >= 0.6 is 0 Å². The second-order valence-corrected chi connectivity index (χ2v) is 6.16. The van der Waals surface area contributed by atoms with Gasteiger partial charge in [0.25, 0.3) is 0 Å². The third-order valence-corrected chi connectivity index (χ3v) is 4.42. The summed E-state index contributed by atoms with van der Waals surface area (Å²) >= 11 is 0. The highest BCUT2D eigenvalue weighted by Crippen LogP contribution is 2.47. The molecule has 0 aromatic carbocycles. The Kier molecular flexibility index (Phi) is 4.05. The summed E-state index contributed by atoms with van der Waals surface area (Å²) in [5, 5.41) is 6.79. The van der Waals surface area contributed by atoms with Crippen LogP contribution in [0.4, 0.5) is 0 Å². The molecule has 1 fully saturated rings. The second kappa shape index (κ2) is 6.51. The summed E-state index contributed by atoms with van der Waals surface area (Å²) in [7, 11) is 1.64. The van der Waals surface area contributed by atoms with Gasteiger partial charge in [0, 0.05) is 35.5 Å². The lowest BCUT2D eigenvalue weighted by Gasteiger charge is -2.09. The number of aromatic amines is 1. The van der Waals surface area contributed by atoms with Crippen LogP contribution in [0.3, 0.4) is 0 Å². The van der Waals surface area contributed by atoms with Gasteiger partial charge in [0.2, 0.25) is 5.88 Å². The minimum Gasteiger partial charge on any atom is -0.495 e. The second-order valence-electron chi connectivity index (χ2n) is 6.16.